The molecule has 0 aromatic carbocycles. The largest absolute Gasteiger partial charge is 1.00 e. The number of hydrogen-bond donors (Lipinski definition) is 2. The first-order chi connectivity index (χ1) is 5.95. The Kier molecular flexibility index (Phi) is 8.69. The minimum absolute atomic E-state index is 0. The molecule has 9 heteroatoms. The molecule has 0 aromatic rings. The van der Waals surface area contributed by atoms with E-state index in [1.807, 2.05) is 0 Å². The Hall–Kier alpha value is -0.670. The van der Waals surface area contributed by atoms with E-state index in [0.29, 0.717) is 13.0 Å². The van der Waals surface area contributed by atoms with Crippen molar-refractivity contribution in [2.24, 2.45) is 0 Å². The molecule has 1 atom stereocenters. The first-order valence-corrected chi connectivity index (χ1v) is 3.45. The molecule has 0 saturated carbocycles. The molecule has 0 aliphatic carbocycles. The SMILES string of the molecule is O=C(O)C1CCCN1O.O=[N+]([O-])[O-].[Ag+]. The van der Waals surface area contributed by atoms with Gasteiger partial charge >= 0.3 is 28.3 Å². The van der Waals surface area contributed by atoms with Gasteiger partial charge in [0.25, 0.3) is 0 Å². The number of nitrogens with zero attached hydrogens (tertiary/aromatic N) is 2. The first kappa shape index (κ1) is 15.8. The van der Waals surface area contributed by atoms with Gasteiger partial charge in [0.2, 0.25) is 0 Å². The van der Waals surface area contributed by atoms with E-state index in [0.717, 1.165) is 11.5 Å². The van der Waals surface area contributed by atoms with Crippen LogP contribution in [0.1, 0.15) is 12.8 Å². The Balaban J connectivity index is 0. The molecule has 2 N–H and O–H groups in total. The van der Waals surface area contributed by atoms with E-state index >= 15 is 0 Å². The molecule has 14 heavy (non-hydrogen) atoms. The topological polar surface area (TPSA) is 127 Å². The van der Waals surface area contributed by atoms with Crippen LogP contribution in [0.2, 0.25) is 0 Å². The van der Waals surface area contributed by atoms with Crippen molar-refractivity contribution in [1.29, 1.82) is 0 Å². The van der Waals surface area contributed by atoms with Crippen molar-refractivity contribution >= 4 is 5.97 Å². The van der Waals surface area contributed by atoms with E-state index in [2.05, 4.69) is 0 Å². The van der Waals surface area contributed by atoms with Crippen LogP contribution in [0.3, 0.4) is 0 Å². The van der Waals surface area contributed by atoms with E-state index in [1.165, 1.54) is 0 Å². The Bertz CT molecular complexity index is 197. The molecule has 0 radical (unpaired) electrons. The molecule has 0 aromatic heterocycles. The monoisotopic (exact) mass is 300 g/mol. The van der Waals surface area contributed by atoms with Gasteiger partial charge in [0.15, 0.2) is 0 Å². The van der Waals surface area contributed by atoms with Crippen molar-refractivity contribution in [1.82, 2.24) is 5.06 Å². The van der Waals surface area contributed by atoms with Gasteiger partial charge in [-0.05, 0) is 12.8 Å². The molecule has 1 rings (SSSR count). The van der Waals surface area contributed by atoms with Gasteiger partial charge in [-0.15, -0.1) is 0 Å². The molecule has 1 aliphatic heterocycles. The smallest absolute Gasteiger partial charge is 0.480 e. The summed E-state index contributed by atoms with van der Waals surface area (Å²) in [5.74, 6) is -0.935. The Morgan fingerprint density at radius 2 is 1.93 bits per heavy atom. The number of hydrogen-bond acceptors (Lipinski definition) is 6. The maximum atomic E-state index is 10.2. The summed E-state index contributed by atoms with van der Waals surface area (Å²) in [5, 5.41) is 32.8. The molecular weight excluding hydrogens is 292 g/mol. The number of hydroxylamine groups is 2. The molecule has 0 spiro atoms. The molecule has 0 bridgehead atoms. The zero-order valence-electron chi connectivity index (χ0n) is 6.92. The summed E-state index contributed by atoms with van der Waals surface area (Å²) >= 11 is 0. The maximum Gasteiger partial charge on any atom is 1.00 e. The Morgan fingerprint density at radius 3 is 2.07 bits per heavy atom. The van der Waals surface area contributed by atoms with Crippen molar-refractivity contribution < 1.29 is 42.6 Å². The predicted octanol–water partition coefficient (Wildman–Crippen LogP) is -0.317. The Morgan fingerprint density at radius 1 is 1.50 bits per heavy atom. The zero-order valence-corrected chi connectivity index (χ0v) is 8.40. The van der Waals surface area contributed by atoms with Crippen LogP contribution < -0.4 is 0 Å². The van der Waals surface area contributed by atoms with Crippen LogP contribution in [0.25, 0.3) is 0 Å². The standard InChI is InChI=1S/C5H9NO3.Ag.NO3/c7-5(8)4-2-1-3-6(4)9;;2-1(3)4/h4,9H,1-3H2,(H,7,8);;/q;+1;-1. The van der Waals surface area contributed by atoms with Crippen molar-refractivity contribution in [3.05, 3.63) is 15.3 Å². The van der Waals surface area contributed by atoms with E-state index in [9.17, 15) is 4.79 Å². The summed E-state index contributed by atoms with van der Waals surface area (Å²) < 4.78 is 0. The second-order valence-corrected chi connectivity index (χ2v) is 2.38. The number of carboxylic acid groups (broad SMARTS) is 1. The predicted molar refractivity (Wildman–Crippen MR) is 39.5 cm³/mol. The first-order valence-electron chi connectivity index (χ1n) is 3.45. The third-order valence-electron chi connectivity index (χ3n) is 1.51. The van der Waals surface area contributed by atoms with Gasteiger partial charge in [0.05, 0.1) is 5.09 Å². The second-order valence-electron chi connectivity index (χ2n) is 2.38. The van der Waals surface area contributed by atoms with E-state index in [1.54, 1.807) is 0 Å². The van der Waals surface area contributed by atoms with Crippen LogP contribution >= 0.6 is 0 Å². The van der Waals surface area contributed by atoms with Crippen LogP contribution in [0, 0.1) is 15.3 Å². The molecule has 0 amide bonds. The number of rotatable bonds is 1. The number of carbonyl (C=O) groups is 1. The number of aliphatic carboxylic acids is 1. The molecule has 1 saturated heterocycles. The van der Waals surface area contributed by atoms with Crippen molar-refractivity contribution in [2.45, 2.75) is 18.9 Å². The van der Waals surface area contributed by atoms with Gasteiger partial charge in [-0.3, -0.25) is 4.79 Å². The normalized spacial score (nSPS) is 20.2. The van der Waals surface area contributed by atoms with Crippen molar-refractivity contribution in [2.75, 3.05) is 6.54 Å². The maximum absolute atomic E-state index is 10.2. The third kappa shape index (κ3) is 6.80. The van der Waals surface area contributed by atoms with Crippen LogP contribution in [-0.4, -0.2) is 39.0 Å². The molecule has 1 heterocycles. The minimum Gasteiger partial charge on any atom is -0.480 e. The summed E-state index contributed by atoms with van der Waals surface area (Å²) in [6.45, 7) is 0.483. The summed E-state index contributed by atoms with van der Waals surface area (Å²) in [6.07, 6.45) is 1.33. The van der Waals surface area contributed by atoms with Gasteiger partial charge in [-0.1, -0.05) is 0 Å². The summed E-state index contributed by atoms with van der Waals surface area (Å²) in [7, 11) is 0. The van der Waals surface area contributed by atoms with E-state index in [4.69, 9.17) is 25.6 Å². The fraction of sp³-hybridized carbons (Fsp3) is 0.800. The molecule has 1 unspecified atom stereocenters. The van der Waals surface area contributed by atoms with Gasteiger partial charge in [-0.25, -0.2) is 0 Å². The van der Waals surface area contributed by atoms with Gasteiger partial charge in [0.1, 0.15) is 6.04 Å². The van der Waals surface area contributed by atoms with Crippen molar-refractivity contribution in [3.63, 3.8) is 0 Å². The van der Waals surface area contributed by atoms with Gasteiger partial charge in [-0.2, -0.15) is 5.06 Å². The van der Waals surface area contributed by atoms with Gasteiger partial charge < -0.3 is 25.6 Å². The van der Waals surface area contributed by atoms with Gasteiger partial charge in [0, 0.05) is 6.54 Å². The van der Waals surface area contributed by atoms with Crippen LogP contribution in [0.4, 0.5) is 0 Å². The summed E-state index contributed by atoms with van der Waals surface area (Å²) in [5.41, 5.74) is 0. The van der Waals surface area contributed by atoms with E-state index in [-0.39, 0.29) is 22.4 Å². The third-order valence-corrected chi connectivity index (χ3v) is 1.51. The van der Waals surface area contributed by atoms with Crippen LogP contribution in [0.15, 0.2) is 0 Å². The average molecular weight is 301 g/mol. The minimum atomic E-state index is -1.75. The second kappa shape index (κ2) is 7.71. The Labute approximate surface area is 94.7 Å². The van der Waals surface area contributed by atoms with Crippen LogP contribution in [0.5, 0.6) is 0 Å². The summed E-state index contributed by atoms with van der Waals surface area (Å²) in [6, 6.07) is -0.662. The van der Waals surface area contributed by atoms with Crippen molar-refractivity contribution in [3.8, 4) is 0 Å². The summed E-state index contributed by atoms with van der Waals surface area (Å²) in [4.78, 5) is 18.5. The molecule has 1 fully saturated rings. The zero-order chi connectivity index (χ0) is 10.4. The molecular formula is C5H9AgN2O6. The molecule has 8 nitrogen and oxygen atoms in total. The fourth-order valence-corrected chi connectivity index (χ4v) is 1.00. The molecule has 86 valence electrons. The fourth-order valence-electron chi connectivity index (χ4n) is 1.00. The quantitative estimate of drug-likeness (QED) is 0.386. The van der Waals surface area contributed by atoms with Crippen LogP contribution in [-0.2, 0) is 27.2 Å². The average Bonchev–Trinajstić information content (AvgIpc) is 2.33. The number of carboxylic acids is 1. The van der Waals surface area contributed by atoms with E-state index < -0.39 is 17.1 Å². The molecule has 1 aliphatic rings.